The van der Waals surface area contributed by atoms with Gasteiger partial charge in [0.25, 0.3) is 0 Å². The van der Waals surface area contributed by atoms with Gasteiger partial charge in [0, 0.05) is 12.1 Å². The molecular weight excluding hydrogens is 349 g/mol. The summed E-state index contributed by atoms with van der Waals surface area (Å²) in [5.41, 5.74) is 2.30. The Labute approximate surface area is 159 Å². The minimum atomic E-state index is -0.211. The normalized spacial score (nSPS) is 16.0. The van der Waals surface area contributed by atoms with E-state index in [1.807, 2.05) is 30.3 Å². The standard InChI is InChI=1S/C20H24FN3OS/c21-18-8-6-17(7-9-18)19(24-10-12-25-13-11-24)15-23-20(26)22-14-16-4-2-1-3-5-16/h1-9,19H,10-15H2,(H2,22,23,26)/p+1/t19-/m0/s1. The third kappa shape index (κ3) is 5.49. The van der Waals surface area contributed by atoms with Crippen molar-refractivity contribution >= 4 is 17.3 Å². The van der Waals surface area contributed by atoms with E-state index in [0.717, 1.165) is 31.9 Å². The Balaban J connectivity index is 1.58. The molecule has 1 aliphatic rings. The Morgan fingerprint density at radius 1 is 1.04 bits per heavy atom. The summed E-state index contributed by atoms with van der Waals surface area (Å²) in [6.07, 6.45) is 0. The second-order valence-electron chi connectivity index (χ2n) is 6.42. The first kappa shape index (κ1) is 18.8. The molecule has 4 nitrogen and oxygen atoms in total. The van der Waals surface area contributed by atoms with Crippen LogP contribution in [0.1, 0.15) is 17.2 Å². The van der Waals surface area contributed by atoms with Crippen molar-refractivity contribution < 1.29 is 14.0 Å². The van der Waals surface area contributed by atoms with Crippen molar-refractivity contribution in [3.63, 3.8) is 0 Å². The van der Waals surface area contributed by atoms with E-state index in [9.17, 15) is 4.39 Å². The van der Waals surface area contributed by atoms with Crippen LogP contribution in [0.15, 0.2) is 54.6 Å². The van der Waals surface area contributed by atoms with Crippen LogP contribution in [0.2, 0.25) is 0 Å². The number of halogens is 1. The van der Waals surface area contributed by atoms with Gasteiger partial charge >= 0.3 is 0 Å². The van der Waals surface area contributed by atoms with Crippen molar-refractivity contribution in [3.05, 3.63) is 71.5 Å². The van der Waals surface area contributed by atoms with Gasteiger partial charge in [-0.05, 0) is 29.9 Å². The summed E-state index contributed by atoms with van der Waals surface area (Å²) < 4.78 is 18.8. The number of benzene rings is 2. The molecule has 0 aliphatic carbocycles. The highest BCUT2D eigenvalue weighted by molar-refractivity contribution is 7.80. The largest absolute Gasteiger partial charge is 0.370 e. The molecule has 1 heterocycles. The molecule has 0 unspecified atom stereocenters. The van der Waals surface area contributed by atoms with Crippen LogP contribution < -0.4 is 15.5 Å². The van der Waals surface area contributed by atoms with Gasteiger partial charge in [-0.3, -0.25) is 0 Å². The highest BCUT2D eigenvalue weighted by Crippen LogP contribution is 2.11. The first-order chi connectivity index (χ1) is 12.7. The maximum atomic E-state index is 13.3. The number of ether oxygens (including phenoxy) is 1. The lowest BCUT2D eigenvalue weighted by molar-refractivity contribution is -0.937. The van der Waals surface area contributed by atoms with E-state index >= 15 is 0 Å². The van der Waals surface area contributed by atoms with Crippen LogP contribution in [0.4, 0.5) is 4.39 Å². The van der Waals surface area contributed by atoms with E-state index in [-0.39, 0.29) is 11.9 Å². The van der Waals surface area contributed by atoms with Crippen LogP contribution in [0.5, 0.6) is 0 Å². The second kappa shape index (κ2) is 9.62. The maximum Gasteiger partial charge on any atom is 0.166 e. The predicted octanol–water partition coefficient (Wildman–Crippen LogP) is 1.45. The van der Waals surface area contributed by atoms with Crippen molar-refractivity contribution in [1.29, 1.82) is 0 Å². The minimum Gasteiger partial charge on any atom is -0.370 e. The second-order valence-corrected chi connectivity index (χ2v) is 6.83. The van der Waals surface area contributed by atoms with Gasteiger partial charge in [-0.15, -0.1) is 0 Å². The SMILES string of the molecule is Fc1ccc([C@H](CNC(=S)NCc2ccccc2)[NH+]2CCOCC2)cc1. The third-order valence-corrected chi connectivity index (χ3v) is 4.95. The lowest BCUT2D eigenvalue weighted by atomic mass is 10.0. The van der Waals surface area contributed by atoms with Gasteiger partial charge in [0.15, 0.2) is 5.11 Å². The van der Waals surface area contributed by atoms with Gasteiger partial charge < -0.3 is 20.3 Å². The van der Waals surface area contributed by atoms with E-state index in [4.69, 9.17) is 17.0 Å². The number of nitrogens with one attached hydrogen (secondary N) is 3. The summed E-state index contributed by atoms with van der Waals surface area (Å²) in [6.45, 7) is 4.77. The molecule has 0 bridgehead atoms. The molecule has 2 aromatic carbocycles. The fourth-order valence-electron chi connectivity index (χ4n) is 3.21. The molecule has 0 spiro atoms. The molecular formula is C20H25FN3OS+. The van der Waals surface area contributed by atoms with Crippen LogP contribution in [-0.2, 0) is 11.3 Å². The van der Waals surface area contributed by atoms with Crippen molar-refractivity contribution in [2.75, 3.05) is 32.8 Å². The lowest BCUT2D eigenvalue weighted by Crippen LogP contribution is -3.15. The highest BCUT2D eigenvalue weighted by atomic mass is 32.1. The van der Waals surface area contributed by atoms with Gasteiger partial charge in [-0.2, -0.15) is 0 Å². The van der Waals surface area contributed by atoms with Crippen molar-refractivity contribution in [3.8, 4) is 0 Å². The van der Waals surface area contributed by atoms with E-state index < -0.39 is 0 Å². The molecule has 138 valence electrons. The van der Waals surface area contributed by atoms with E-state index in [2.05, 4.69) is 22.8 Å². The van der Waals surface area contributed by atoms with E-state index in [0.29, 0.717) is 18.2 Å². The third-order valence-electron chi connectivity index (χ3n) is 4.66. The summed E-state index contributed by atoms with van der Waals surface area (Å²) in [6, 6.07) is 17.1. The molecule has 6 heteroatoms. The fraction of sp³-hybridized carbons (Fsp3) is 0.350. The fourth-order valence-corrected chi connectivity index (χ4v) is 3.37. The summed E-state index contributed by atoms with van der Waals surface area (Å²) >= 11 is 5.43. The van der Waals surface area contributed by atoms with Crippen molar-refractivity contribution in [2.24, 2.45) is 0 Å². The summed E-state index contributed by atoms with van der Waals surface area (Å²) in [7, 11) is 0. The molecule has 26 heavy (non-hydrogen) atoms. The van der Waals surface area contributed by atoms with E-state index in [1.54, 1.807) is 0 Å². The number of quaternary nitrogens is 1. The number of rotatable bonds is 6. The van der Waals surface area contributed by atoms with Gasteiger partial charge in [0.2, 0.25) is 0 Å². The Morgan fingerprint density at radius 2 is 1.73 bits per heavy atom. The van der Waals surface area contributed by atoms with E-state index in [1.165, 1.54) is 22.6 Å². The van der Waals surface area contributed by atoms with Gasteiger partial charge in [-0.1, -0.05) is 42.5 Å². The molecule has 1 aliphatic heterocycles. The van der Waals surface area contributed by atoms with Gasteiger partial charge in [0.05, 0.1) is 19.8 Å². The quantitative estimate of drug-likeness (QED) is 0.669. The van der Waals surface area contributed by atoms with Crippen LogP contribution in [0.3, 0.4) is 0 Å². The zero-order valence-corrected chi connectivity index (χ0v) is 15.5. The Bertz CT molecular complexity index is 690. The number of hydrogen-bond donors (Lipinski definition) is 3. The number of thiocarbonyl (C=S) groups is 1. The monoisotopic (exact) mass is 374 g/mol. The topological polar surface area (TPSA) is 37.7 Å². The molecule has 0 aromatic heterocycles. The lowest BCUT2D eigenvalue weighted by Gasteiger charge is -2.32. The zero-order chi connectivity index (χ0) is 18.2. The molecule has 1 saturated heterocycles. The Kier molecular flexibility index (Phi) is 6.94. The zero-order valence-electron chi connectivity index (χ0n) is 14.7. The summed E-state index contributed by atoms with van der Waals surface area (Å²) in [5.74, 6) is -0.211. The van der Waals surface area contributed by atoms with Crippen LogP contribution in [0, 0.1) is 5.82 Å². The first-order valence-corrected chi connectivity index (χ1v) is 9.36. The molecule has 1 fully saturated rings. The van der Waals surface area contributed by atoms with Crippen LogP contribution >= 0.6 is 12.2 Å². The van der Waals surface area contributed by atoms with Gasteiger partial charge in [-0.25, -0.2) is 4.39 Å². The first-order valence-electron chi connectivity index (χ1n) is 8.96. The minimum absolute atomic E-state index is 0.205. The molecule has 0 amide bonds. The molecule has 3 N–H and O–H groups in total. The number of hydrogen-bond acceptors (Lipinski definition) is 2. The number of morpholine rings is 1. The maximum absolute atomic E-state index is 13.3. The smallest absolute Gasteiger partial charge is 0.166 e. The van der Waals surface area contributed by atoms with Crippen LogP contribution in [-0.4, -0.2) is 38.0 Å². The predicted molar refractivity (Wildman–Crippen MR) is 105 cm³/mol. The molecule has 0 saturated carbocycles. The van der Waals surface area contributed by atoms with Crippen LogP contribution in [0.25, 0.3) is 0 Å². The summed E-state index contributed by atoms with van der Waals surface area (Å²) in [4.78, 5) is 1.43. The Morgan fingerprint density at radius 3 is 2.42 bits per heavy atom. The molecule has 3 rings (SSSR count). The highest BCUT2D eigenvalue weighted by Gasteiger charge is 2.26. The molecule has 2 aromatic rings. The Hall–Kier alpha value is -2.02. The average Bonchev–Trinajstić information content (AvgIpc) is 2.69. The molecule has 1 atom stereocenters. The summed E-state index contributed by atoms with van der Waals surface area (Å²) in [5, 5.41) is 7.21. The molecule has 0 radical (unpaired) electrons. The van der Waals surface area contributed by atoms with Crippen molar-refractivity contribution in [1.82, 2.24) is 10.6 Å². The average molecular weight is 375 g/mol. The van der Waals surface area contributed by atoms with Crippen molar-refractivity contribution in [2.45, 2.75) is 12.6 Å². The van der Waals surface area contributed by atoms with Gasteiger partial charge in [0.1, 0.15) is 24.9 Å².